The monoisotopic (exact) mass is 679 g/mol. The van der Waals surface area contributed by atoms with Gasteiger partial charge in [0, 0.05) is 15.1 Å². The highest BCUT2D eigenvalue weighted by atomic mass is 32.1. The Morgan fingerprint density at radius 1 is 0.580 bits per heavy atom. The average molecular weight is 680 g/mol. The molecular weight excluding hydrogens is 640 g/mol. The first-order valence-corrected chi connectivity index (χ1v) is 20.2. The number of hydrogen-bond acceptors (Lipinski definition) is 3. The summed E-state index contributed by atoms with van der Waals surface area (Å²) in [6.45, 7) is 12.0. The van der Waals surface area contributed by atoms with Gasteiger partial charge in [0.05, 0.1) is 10.0 Å². The number of aryl methyl sites for hydroxylation is 5. The van der Waals surface area contributed by atoms with Crippen LogP contribution in [0.15, 0.2) is 78.9 Å². The molecule has 0 atom stereocenters. The van der Waals surface area contributed by atoms with Gasteiger partial charge in [-0.15, -0.1) is 22.7 Å². The van der Waals surface area contributed by atoms with E-state index in [1.165, 1.54) is 134 Å². The lowest BCUT2D eigenvalue weighted by molar-refractivity contribution is 0.444. The summed E-state index contributed by atoms with van der Waals surface area (Å²) in [5.74, 6) is 0.624. The standard InChI is InChI=1S/C45H39B2NS2/c1-24-18-26(3)39(27(4)19-24)46-34-22-30(29-12-7-6-8-13-29)23-35-43(34)48(44-41(46)32-14-9-10-16-36(32)49-44)45-42-38-31(15-11-17-37(38)50-45)33-21-25(2)20-28(5)40(33)47(35)42/h9-11,14-23,29H,6-8,12-13H2,1-5H3. The van der Waals surface area contributed by atoms with Crippen molar-refractivity contribution in [3.63, 3.8) is 0 Å². The fraction of sp³-hybridized carbons (Fsp3) is 0.244. The Kier molecular flexibility index (Phi) is 6.23. The summed E-state index contributed by atoms with van der Waals surface area (Å²) in [4.78, 5) is 2.76. The van der Waals surface area contributed by atoms with Crippen molar-refractivity contribution in [1.29, 1.82) is 0 Å². The van der Waals surface area contributed by atoms with Crippen LogP contribution in [0.3, 0.4) is 0 Å². The van der Waals surface area contributed by atoms with Crippen molar-refractivity contribution < 1.29 is 0 Å². The van der Waals surface area contributed by atoms with Gasteiger partial charge in [-0.2, -0.15) is 0 Å². The SMILES string of the molecule is Cc1cc(C)c(B2c3cc(C4CCCCC4)cc4c3N(c3sc5ccccc5c32)c2sc3cccc5c3c2B4c2c(C)cc(C)cc2-5)c(C)c1. The second-order valence-electron chi connectivity index (χ2n) is 15.8. The third-order valence-corrected chi connectivity index (χ3v) is 14.9. The van der Waals surface area contributed by atoms with Crippen LogP contribution in [-0.4, -0.2) is 13.4 Å². The van der Waals surface area contributed by atoms with E-state index in [1.807, 2.05) is 22.7 Å². The minimum Gasteiger partial charge on any atom is -0.295 e. The molecule has 4 aliphatic rings. The molecule has 11 rings (SSSR count). The van der Waals surface area contributed by atoms with Gasteiger partial charge in [-0.1, -0.05) is 125 Å². The van der Waals surface area contributed by atoms with Crippen molar-refractivity contribution in [2.24, 2.45) is 0 Å². The lowest BCUT2D eigenvalue weighted by Gasteiger charge is -2.43. The normalized spacial score (nSPS) is 15.9. The number of fused-ring (bicyclic) bond motifs is 9. The molecule has 5 heterocycles. The minimum absolute atomic E-state index is 0.184. The van der Waals surface area contributed by atoms with Gasteiger partial charge in [0.1, 0.15) is 0 Å². The van der Waals surface area contributed by atoms with Crippen LogP contribution in [-0.2, 0) is 0 Å². The lowest BCUT2D eigenvalue weighted by atomic mass is 9.29. The molecule has 242 valence electrons. The molecule has 3 aliphatic heterocycles. The van der Waals surface area contributed by atoms with E-state index >= 15 is 0 Å². The Morgan fingerprint density at radius 3 is 1.96 bits per heavy atom. The van der Waals surface area contributed by atoms with Crippen molar-refractivity contribution in [2.45, 2.75) is 72.6 Å². The summed E-state index contributed by atoms with van der Waals surface area (Å²) in [5, 5.41) is 5.76. The second-order valence-corrected chi connectivity index (χ2v) is 17.8. The fourth-order valence-corrected chi connectivity index (χ4v) is 13.4. The van der Waals surface area contributed by atoms with E-state index in [9.17, 15) is 0 Å². The molecular formula is C45H39B2NS2. The number of benzene rings is 5. The van der Waals surface area contributed by atoms with Crippen molar-refractivity contribution >= 4 is 105 Å². The van der Waals surface area contributed by atoms with E-state index in [0.29, 0.717) is 5.92 Å². The number of hydrogen-bond donors (Lipinski definition) is 0. The Balaban J connectivity index is 1.33. The average Bonchev–Trinajstić information content (AvgIpc) is 3.68. The molecule has 50 heavy (non-hydrogen) atoms. The topological polar surface area (TPSA) is 3.24 Å². The van der Waals surface area contributed by atoms with Gasteiger partial charge < -0.3 is 0 Å². The zero-order chi connectivity index (χ0) is 33.6. The fourth-order valence-electron chi connectivity index (χ4n) is 10.8. The molecule has 2 aromatic heterocycles. The molecule has 0 saturated heterocycles. The molecule has 0 unspecified atom stereocenters. The van der Waals surface area contributed by atoms with Crippen LogP contribution >= 0.6 is 22.7 Å². The lowest BCUT2D eigenvalue weighted by Crippen LogP contribution is -2.66. The van der Waals surface area contributed by atoms with E-state index in [1.54, 1.807) is 11.0 Å². The van der Waals surface area contributed by atoms with E-state index < -0.39 is 0 Å². The maximum atomic E-state index is 2.76. The van der Waals surface area contributed by atoms with Crippen LogP contribution in [0, 0.1) is 34.6 Å². The van der Waals surface area contributed by atoms with E-state index in [0.717, 1.165) is 0 Å². The highest BCUT2D eigenvalue weighted by Crippen LogP contribution is 2.50. The van der Waals surface area contributed by atoms with Crippen LogP contribution in [0.2, 0.25) is 0 Å². The van der Waals surface area contributed by atoms with Gasteiger partial charge in [-0.3, -0.25) is 4.90 Å². The first-order chi connectivity index (χ1) is 24.4. The van der Waals surface area contributed by atoms with Crippen LogP contribution in [0.25, 0.3) is 31.3 Å². The number of nitrogens with zero attached hydrogens (tertiary/aromatic N) is 1. The molecule has 5 aromatic carbocycles. The Morgan fingerprint density at radius 2 is 1.20 bits per heavy atom. The van der Waals surface area contributed by atoms with E-state index in [4.69, 9.17) is 0 Å². The summed E-state index contributed by atoms with van der Waals surface area (Å²) in [6, 6.07) is 31.5. The van der Waals surface area contributed by atoms with Gasteiger partial charge in [-0.05, 0) is 115 Å². The Hall–Kier alpha value is -4.05. The molecule has 0 radical (unpaired) electrons. The third kappa shape index (κ3) is 3.86. The molecule has 0 spiro atoms. The molecule has 0 amide bonds. The zero-order valence-corrected chi connectivity index (χ0v) is 31.2. The molecule has 0 bridgehead atoms. The van der Waals surface area contributed by atoms with Gasteiger partial charge in [0.15, 0.2) is 0 Å². The Labute approximate surface area is 304 Å². The van der Waals surface area contributed by atoms with Gasteiger partial charge in [0.25, 0.3) is 0 Å². The van der Waals surface area contributed by atoms with Crippen LogP contribution in [0.4, 0.5) is 15.7 Å². The van der Waals surface area contributed by atoms with Gasteiger partial charge >= 0.3 is 0 Å². The smallest absolute Gasteiger partial charge is 0.249 e. The summed E-state index contributed by atoms with van der Waals surface area (Å²) in [5.41, 5.74) is 22.0. The summed E-state index contributed by atoms with van der Waals surface area (Å²) in [7, 11) is 0. The molecule has 1 fully saturated rings. The van der Waals surface area contributed by atoms with Crippen molar-refractivity contribution in [2.75, 3.05) is 4.90 Å². The largest absolute Gasteiger partial charge is 0.295 e. The summed E-state index contributed by atoms with van der Waals surface area (Å²) < 4.78 is 2.81. The quantitative estimate of drug-likeness (QED) is 0.165. The minimum atomic E-state index is 0.184. The maximum Gasteiger partial charge on any atom is 0.249 e. The summed E-state index contributed by atoms with van der Waals surface area (Å²) >= 11 is 4.03. The van der Waals surface area contributed by atoms with E-state index in [-0.39, 0.29) is 13.4 Å². The first kappa shape index (κ1) is 29.7. The van der Waals surface area contributed by atoms with Crippen LogP contribution < -0.4 is 37.7 Å². The molecule has 7 aromatic rings. The van der Waals surface area contributed by atoms with Crippen LogP contribution in [0.5, 0.6) is 0 Å². The zero-order valence-electron chi connectivity index (χ0n) is 29.5. The Bertz CT molecular complexity index is 2600. The maximum absolute atomic E-state index is 2.76. The highest BCUT2D eigenvalue weighted by Gasteiger charge is 2.49. The van der Waals surface area contributed by atoms with Crippen molar-refractivity contribution in [1.82, 2.24) is 0 Å². The first-order valence-electron chi connectivity index (χ1n) is 18.6. The molecule has 1 nitrogen and oxygen atoms in total. The van der Waals surface area contributed by atoms with Crippen LogP contribution in [0.1, 0.15) is 71.4 Å². The number of anilines is 3. The van der Waals surface area contributed by atoms with E-state index in [2.05, 4.69) is 118 Å². The number of rotatable bonds is 2. The van der Waals surface area contributed by atoms with Crippen molar-refractivity contribution in [3.8, 4) is 11.1 Å². The highest BCUT2D eigenvalue weighted by molar-refractivity contribution is 7.29. The third-order valence-electron chi connectivity index (χ3n) is 12.6. The predicted octanol–water partition coefficient (Wildman–Crippen LogP) is 8.82. The van der Waals surface area contributed by atoms with Gasteiger partial charge in [0.2, 0.25) is 13.4 Å². The number of thiophene rings is 2. The molecule has 1 saturated carbocycles. The predicted molar refractivity (Wildman–Crippen MR) is 223 cm³/mol. The molecule has 5 heteroatoms. The molecule has 1 aliphatic carbocycles. The van der Waals surface area contributed by atoms with Crippen molar-refractivity contribution in [3.05, 3.63) is 112 Å². The van der Waals surface area contributed by atoms with Gasteiger partial charge in [-0.25, -0.2) is 0 Å². The second kappa shape index (κ2) is 10.5. The summed E-state index contributed by atoms with van der Waals surface area (Å²) in [6.07, 6.45) is 6.67. The molecule has 0 N–H and O–H groups in total.